The standard InChI is InChI=1S/C28H24ClFN4O3/c29-25-5-1-3-20(33-25)15-32-19-7-9-23-18(14-19)13-17-6-8-21(30)26(27(17)37-23)24-16-34(11-12-36-24)22-4-2-10-31-28(22)35/h1-10,14,24,32H,11-13,15-16H2,(H,31,35). The van der Waals surface area contributed by atoms with Gasteiger partial charge in [-0.2, -0.15) is 0 Å². The number of H-pyrrole nitrogens is 1. The summed E-state index contributed by atoms with van der Waals surface area (Å²) in [7, 11) is 0. The summed E-state index contributed by atoms with van der Waals surface area (Å²) in [5, 5.41) is 3.83. The highest BCUT2D eigenvalue weighted by molar-refractivity contribution is 6.29. The zero-order chi connectivity index (χ0) is 25.4. The molecule has 1 unspecified atom stereocenters. The highest BCUT2D eigenvalue weighted by Crippen LogP contribution is 2.44. The molecule has 2 N–H and O–H groups in total. The molecule has 37 heavy (non-hydrogen) atoms. The third-order valence-corrected chi connectivity index (χ3v) is 6.86. The van der Waals surface area contributed by atoms with E-state index in [0.717, 1.165) is 22.5 Å². The van der Waals surface area contributed by atoms with Crippen molar-refractivity contribution >= 4 is 23.0 Å². The molecule has 1 atom stereocenters. The summed E-state index contributed by atoms with van der Waals surface area (Å²) in [5.41, 5.74) is 4.39. The van der Waals surface area contributed by atoms with E-state index in [-0.39, 0.29) is 11.4 Å². The van der Waals surface area contributed by atoms with E-state index >= 15 is 4.39 Å². The van der Waals surface area contributed by atoms with Crippen LogP contribution in [0.25, 0.3) is 0 Å². The van der Waals surface area contributed by atoms with Crippen LogP contribution >= 0.6 is 11.6 Å². The number of halogens is 2. The third kappa shape index (κ3) is 4.77. The Morgan fingerprint density at radius 2 is 2.05 bits per heavy atom. The molecular weight excluding hydrogens is 495 g/mol. The molecule has 7 nitrogen and oxygen atoms in total. The van der Waals surface area contributed by atoms with E-state index in [1.165, 1.54) is 6.07 Å². The van der Waals surface area contributed by atoms with Crippen LogP contribution in [0.5, 0.6) is 11.5 Å². The van der Waals surface area contributed by atoms with E-state index in [2.05, 4.69) is 15.3 Å². The molecule has 0 bridgehead atoms. The van der Waals surface area contributed by atoms with Gasteiger partial charge in [-0.15, -0.1) is 0 Å². The topological polar surface area (TPSA) is 79.5 Å². The molecule has 2 aliphatic heterocycles. The normalized spacial score (nSPS) is 16.5. The highest BCUT2D eigenvalue weighted by atomic mass is 35.5. The number of hydrogen-bond acceptors (Lipinski definition) is 6. The zero-order valence-corrected chi connectivity index (χ0v) is 20.6. The van der Waals surface area contributed by atoms with Crippen molar-refractivity contribution in [3.8, 4) is 11.5 Å². The summed E-state index contributed by atoms with van der Waals surface area (Å²) in [6, 6.07) is 18.1. The lowest BCUT2D eigenvalue weighted by Gasteiger charge is -2.35. The molecule has 188 valence electrons. The molecule has 1 fully saturated rings. The number of nitrogens with zero attached hydrogens (tertiary/aromatic N) is 2. The van der Waals surface area contributed by atoms with Gasteiger partial charge in [-0.25, -0.2) is 9.37 Å². The molecular formula is C28H24ClFN4O3. The Bertz CT molecular complexity index is 1530. The fourth-order valence-electron chi connectivity index (χ4n) is 4.87. The van der Waals surface area contributed by atoms with Gasteiger partial charge >= 0.3 is 0 Å². The molecule has 6 rings (SSSR count). The summed E-state index contributed by atoms with van der Waals surface area (Å²) >= 11 is 5.99. The first-order chi connectivity index (χ1) is 18.0. The molecule has 2 aliphatic rings. The number of aromatic nitrogens is 2. The molecule has 0 amide bonds. The Kier molecular flexibility index (Phi) is 6.28. The number of rotatable bonds is 5. The second-order valence-electron chi connectivity index (χ2n) is 9.05. The second-order valence-corrected chi connectivity index (χ2v) is 9.43. The molecule has 9 heteroatoms. The number of ether oxygens (including phenoxy) is 2. The van der Waals surface area contributed by atoms with Gasteiger partial charge in [-0.1, -0.05) is 23.7 Å². The number of nitrogens with one attached hydrogen (secondary N) is 2. The van der Waals surface area contributed by atoms with Crippen LogP contribution in [-0.2, 0) is 17.7 Å². The predicted molar refractivity (Wildman–Crippen MR) is 140 cm³/mol. The molecule has 1 saturated heterocycles. The molecule has 2 aromatic carbocycles. The number of aromatic amines is 1. The van der Waals surface area contributed by atoms with Gasteiger partial charge in [0.2, 0.25) is 0 Å². The van der Waals surface area contributed by atoms with Crippen LogP contribution < -0.4 is 20.5 Å². The summed E-state index contributed by atoms with van der Waals surface area (Å²) in [6.45, 7) is 1.79. The Hall–Kier alpha value is -3.88. The summed E-state index contributed by atoms with van der Waals surface area (Å²) in [6.07, 6.45) is 1.62. The predicted octanol–water partition coefficient (Wildman–Crippen LogP) is 5.45. The molecule has 0 aliphatic carbocycles. The van der Waals surface area contributed by atoms with Crippen LogP contribution in [0, 0.1) is 5.82 Å². The van der Waals surface area contributed by atoms with Gasteiger partial charge in [-0.05, 0) is 54.1 Å². The van der Waals surface area contributed by atoms with Gasteiger partial charge in [0.15, 0.2) is 0 Å². The molecule has 0 radical (unpaired) electrons. The van der Waals surface area contributed by atoms with Crippen LogP contribution in [0.3, 0.4) is 0 Å². The highest BCUT2D eigenvalue weighted by Gasteiger charge is 2.32. The first kappa shape index (κ1) is 23.5. The third-order valence-electron chi connectivity index (χ3n) is 6.65. The average Bonchev–Trinajstić information content (AvgIpc) is 2.91. The first-order valence-electron chi connectivity index (χ1n) is 12.1. The number of fused-ring (bicyclic) bond motifs is 2. The summed E-state index contributed by atoms with van der Waals surface area (Å²) in [5.74, 6) is 0.784. The van der Waals surface area contributed by atoms with Crippen molar-refractivity contribution in [2.75, 3.05) is 29.9 Å². The van der Waals surface area contributed by atoms with E-state index in [1.807, 2.05) is 35.2 Å². The van der Waals surface area contributed by atoms with Crippen LogP contribution in [-0.4, -0.2) is 29.7 Å². The van der Waals surface area contributed by atoms with Crippen molar-refractivity contribution in [3.63, 3.8) is 0 Å². The van der Waals surface area contributed by atoms with E-state index < -0.39 is 6.10 Å². The lowest BCUT2D eigenvalue weighted by molar-refractivity contribution is 0.0359. The minimum atomic E-state index is -0.573. The lowest BCUT2D eigenvalue weighted by Crippen LogP contribution is -2.41. The van der Waals surface area contributed by atoms with Gasteiger partial charge < -0.3 is 24.7 Å². The van der Waals surface area contributed by atoms with Crippen LogP contribution in [0.15, 0.2) is 71.7 Å². The minimum Gasteiger partial charge on any atom is -0.456 e. The number of morpholine rings is 1. The van der Waals surface area contributed by atoms with Crippen molar-refractivity contribution in [2.45, 2.75) is 19.1 Å². The average molecular weight is 519 g/mol. The Balaban J connectivity index is 1.24. The van der Waals surface area contributed by atoms with Crippen molar-refractivity contribution in [1.29, 1.82) is 0 Å². The SMILES string of the molecule is O=c1[nH]cccc1N1CCOC(c2c(F)ccc3c2Oc2ccc(NCc4cccc(Cl)n4)cc2C3)C1. The first-order valence-corrected chi connectivity index (χ1v) is 12.4. The van der Waals surface area contributed by atoms with E-state index in [9.17, 15) is 4.79 Å². The molecule has 0 saturated carbocycles. The number of pyridine rings is 2. The van der Waals surface area contributed by atoms with Crippen molar-refractivity contribution < 1.29 is 13.9 Å². The number of hydrogen-bond donors (Lipinski definition) is 2. The number of anilines is 2. The molecule has 4 heterocycles. The smallest absolute Gasteiger partial charge is 0.271 e. The van der Waals surface area contributed by atoms with E-state index in [0.29, 0.717) is 60.6 Å². The molecule has 4 aromatic rings. The van der Waals surface area contributed by atoms with E-state index in [4.69, 9.17) is 21.1 Å². The van der Waals surface area contributed by atoms with Gasteiger partial charge in [0.25, 0.3) is 5.56 Å². The second kappa shape index (κ2) is 9.88. The molecule has 0 spiro atoms. The van der Waals surface area contributed by atoms with Crippen LogP contribution in [0.4, 0.5) is 15.8 Å². The summed E-state index contributed by atoms with van der Waals surface area (Å²) < 4.78 is 27.5. The largest absolute Gasteiger partial charge is 0.456 e. The fraction of sp³-hybridized carbons (Fsp3) is 0.214. The summed E-state index contributed by atoms with van der Waals surface area (Å²) in [4.78, 5) is 21.2. The number of benzene rings is 2. The van der Waals surface area contributed by atoms with Gasteiger partial charge in [-0.3, -0.25) is 4.79 Å². The van der Waals surface area contributed by atoms with Crippen LogP contribution in [0.2, 0.25) is 5.15 Å². The van der Waals surface area contributed by atoms with Gasteiger partial charge in [0.1, 0.15) is 34.3 Å². The maximum absolute atomic E-state index is 15.2. The van der Waals surface area contributed by atoms with Crippen molar-refractivity contribution in [1.82, 2.24) is 9.97 Å². The van der Waals surface area contributed by atoms with Crippen molar-refractivity contribution in [2.24, 2.45) is 0 Å². The Morgan fingerprint density at radius 1 is 1.14 bits per heavy atom. The Labute approximate surface area is 217 Å². The zero-order valence-electron chi connectivity index (χ0n) is 19.8. The van der Waals surface area contributed by atoms with Crippen LogP contribution in [0.1, 0.15) is 28.5 Å². The monoisotopic (exact) mass is 518 g/mol. The van der Waals surface area contributed by atoms with Gasteiger partial charge in [0.05, 0.1) is 24.4 Å². The lowest BCUT2D eigenvalue weighted by atomic mass is 9.94. The minimum absolute atomic E-state index is 0.181. The quantitative estimate of drug-likeness (QED) is 0.301. The maximum Gasteiger partial charge on any atom is 0.271 e. The van der Waals surface area contributed by atoms with E-state index in [1.54, 1.807) is 30.5 Å². The maximum atomic E-state index is 15.2. The fourth-order valence-corrected chi connectivity index (χ4v) is 5.05. The van der Waals surface area contributed by atoms with Gasteiger partial charge in [0, 0.05) is 37.0 Å². The Morgan fingerprint density at radius 3 is 2.92 bits per heavy atom. The molecule has 2 aromatic heterocycles. The van der Waals surface area contributed by atoms with Crippen molar-refractivity contribution in [3.05, 3.63) is 111 Å².